The van der Waals surface area contributed by atoms with Gasteiger partial charge in [0.1, 0.15) is 6.02 Å². The minimum atomic E-state index is -2.06. The van der Waals surface area contributed by atoms with Crippen molar-refractivity contribution in [2.75, 3.05) is 0 Å². The summed E-state index contributed by atoms with van der Waals surface area (Å²) in [4.78, 5) is 28.0. The molecule has 0 saturated carbocycles. The molecule has 6 heteroatoms. The van der Waals surface area contributed by atoms with Crippen LogP contribution in [0, 0.1) is 0 Å². The molecule has 76 valence electrons. The van der Waals surface area contributed by atoms with Gasteiger partial charge in [-0.3, -0.25) is 4.79 Å². The van der Waals surface area contributed by atoms with E-state index in [2.05, 4.69) is 15.3 Å². The second-order valence-electron chi connectivity index (χ2n) is 2.72. The Morgan fingerprint density at radius 2 is 2.57 bits per heavy atom. The number of carbonyl (C=O) groups excluding carboxylic acids is 1. The molecule has 0 radical (unpaired) electrons. The maximum Gasteiger partial charge on any atom is 0.326 e. The van der Waals surface area contributed by atoms with Crippen molar-refractivity contribution in [1.29, 1.82) is 0 Å². The Morgan fingerprint density at radius 1 is 1.86 bits per heavy atom. The number of carboxylic acids is 1. The van der Waals surface area contributed by atoms with Crippen LogP contribution in [0.4, 0.5) is 0 Å². The highest BCUT2D eigenvalue weighted by atomic mass is 16.4. The maximum absolute atomic E-state index is 10.8. The molecule has 6 nitrogen and oxygen atoms in total. The molecule has 0 aliphatic heterocycles. The van der Waals surface area contributed by atoms with E-state index in [1.165, 1.54) is 19.4 Å². The van der Waals surface area contributed by atoms with E-state index in [1.54, 1.807) is 0 Å². The summed E-state index contributed by atoms with van der Waals surface area (Å²) >= 11 is 0. The number of nitrogens with one attached hydrogen (secondary N) is 2. The zero-order valence-electron chi connectivity index (χ0n) is 8.57. The summed E-state index contributed by atoms with van der Waals surface area (Å²) in [5.41, 5.74) is 0.473. The van der Waals surface area contributed by atoms with Gasteiger partial charge in [-0.05, 0) is 0 Å². The average Bonchev–Trinajstić information content (AvgIpc) is 2.54. The number of carboxylic acid groups (broad SMARTS) is 1. The fourth-order valence-corrected chi connectivity index (χ4v) is 0.958. The van der Waals surface area contributed by atoms with Crippen molar-refractivity contribution < 1.29 is 16.1 Å². The molecule has 1 unspecified atom stereocenters. The number of aliphatic carboxylic acids is 1. The Bertz CT molecular complexity index is 365. The van der Waals surface area contributed by atoms with Crippen molar-refractivity contribution in [2.24, 2.45) is 0 Å². The molecule has 1 rings (SSSR count). The van der Waals surface area contributed by atoms with Crippen LogP contribution in [0.25, 0.3) is 0 Å². The maximum atomic E-state index is 10.8. The predicted octanol–water partition coefficient (Wildman–Crippen LogP) is -0.459. The highest BCUT2D eigenvalue weighted by molar-refractivity contribution is 5.82. The lowest BCUT2D eigenvalue weighted by Gasteiger charge is -2.11. The summed E-state index contributed by atoms with van der Waals surface area (Å²) in [7, 11) is 0. The highest BCUT2D eigenvalue weighted by Gasteiger charge is 2.18. The number of H-pyrrole nitrogens is 1. The van der Waals surface area contributed by atoms with Crippen LogP contribution in [-0.4, -0.2) is 33.0 Å². The van der Waals surface area contributed by atoms with Gasteiger partial charge in [0, 0.05) is 25.2 Å². The molecule has 0 saturated heterocycles. The third kappa shape index (κ3) is 2.89. The third-order valence-electron chi connectivity index (χ3n) is 1.51. The molecule has 1 atom stereocenters. The molecule has 14 heavy (non-hydrogen) atoms. The van der Waals surface area contributed by atoms with Gasteiger partial charge >= 0.3 is 5.97 Å². The van der Waals surface area contributed by atoms with E-state index in [4.69, 9.17) is 6.48 Å². The normalized spacial score (nSPS) is 15.4. The highest BCUT2D eigenvalue weighted by Crippen LogP contribution is 1.98. The smallest absolute Gasteiger partial charge is 0.326 e. The van der Waals surface area contributed by atoms with Crippen LogP contribution in [0.15, 0.2) is 12.5 Å². The largest absolute Gasteiger partial charge is 0.480 e. The minimum absolute atomic E-state index is 0.165. The molecule has 1 amide bonds. The number of hydrogen-bond acceptors (Lipinski definition) is 3. The summed E-state index contributed by atoms with van der Waals surface area (Å²) in [6.45, 7) is 1.17. The van der Waals surface area contributed by atoms with E-state index in [9.17, 15) is 9.59 Å². The quantitative estimate of drug-likeness (QED) is 0.610. The van der Waals surface area contributed by atoms with Gasteiger partial charge in [0.15, 0.2) is 0 Å². The molecular weight excluding hydrogens is 186 g/mol. The lowest BCUT2D eigenvalue weighted by molar-refractivity contribution is -0.141. The molecule has 1 heterocycles. The van der Waals surface area contributed by atoms with Crippen LogP contribution in [0.5, 0.6) is 0 Å². The predicted molar refractivity (Wildman–Crippen MR) is 47.5 cm³/mol. The zero-order valence-corrected chi connectivity index (χ0v) is 7.57. The van der Waals surface area contributed by atoms with Crippen LogP contribution in [0.3, 0.4) is 0 Å². The Labute approximate surface area is 81.8 Å². The lowest BCUT2D eigenvalue weighted by Crippen LogP contribution is -2.41. The molecule has 0 bridgehead atoms. The summed E-state index contributed by atoms with van der Waals surface area (Å²) in [6.07, 6.45) is 2.63. The van der Waals surface area contributed by atoms with Crippen molar-refractivity contribution in [2.45, 2.75) is 19.4 Å². The zero-order chi connectivity index (χ0) is 11.5. The van der Waals surface area contributed by atoms with Gasteiger partial charge in [0.2, 0.25) is 5.91 Å². The number of aromatic amines is 1. The number of imidazole rings is 1. The summed E-state index contributed by atoms with van der Waals surface area (Å²) < 4.78 is 7.60. The SMILES string of the molecule is [2H]C(Cc1cnc[nH]1)(NC(C)=O)C(=O)O. The second kappa shape index (κ2) is 4.40. The van der Waals surface area contributed by atoms with Gasteiger partial charge in [-0.2, -0.15) is 0 Å². The van der Waals surface area contributed by atoms with E-state index >= 15 is 0 Å². The number of carbonyl (C=O) groups is 2. The van der Waals surface area contributed by atoms with Crippen LogP contribution in [-0.2, 0) is 16.0 Å². The van der Waals surface area contributed by atoms with E-state index < -0.39 is 17.9 Å². The van der Waals surface area contributed by atoms with E-state index in [1.807, 2.05) is 0 Å². The molecule has 0 spiro atoms. The van der Waals surface area contributed by atoms with Gasteiger partial charge in [0.05, 0.1) is 7.70 Å². The van der Waals surface area contributed by atoms with Gasteiger partial charge < -0.3 is 15.4 Å². The molecular formula is C8H11N3O3. The summed E-state index contributed by atoms with van der Waals surface area (Å²) in [5.74, 6) is -1.97. The number of aromatic nitrogens is 2. The Morgan fingerprint density at radius 3 is 3.00 bits per heavy atom. The van der Waals surface area contributed by atoms with Gasteiger partial charge in [-0.1, -0.05) is 0 Å². The van der Waals surface area contributed by atoms with Crippen LogP contribution >= 0.6 is 0 Å². The van der Waals surface area contributed by atoms with Crippen molar-refractivity contribution in [3.8, 4) is 0 Å². The topological polar surface area (TPSA) is 95.1 Å². The third-order valence-corrected chi connectivity index (χ3v) is 1.51. The lowest BCUT2D eigenvalue weighted by atomic mass is 10.1. The Hall–Kier alpha value is -1.85. The van der Waals surface area contributed by atoms with Crippen molar-refractivity contribution in [1.82, 2.24) is 15.3 Å². The van der Waals surface area contributed by atoms with Crippen molar-refractivity contribution in [3.05, 3.63) is 18.2 Å². The van der Waals surface area contributed by atoms with E-state index in [0.29, 0.717) is 5.69 Å². The summed E-state index contributed by atoms with van der Waals surface area (Å²) in [6, 6.07) is -2.06. The number of amides is 1. The monoisotopic (exact) mass is 198 g/mol. The molecule has 1 aromatic heterocycles. The number of hydrogen-bond donors (Lipinski definition) is 3. The first kappa shape index (κ1) is 8.74. The molecule has 0 aliphatic rings. The molecule has 1 aromatic rings. The fraction of sp³-hybridized carbons (Fsp3) is 0.375. The Balaban J connectivity index is 2.82. The Kier molecular flexibility index (Phi) is 2.75. The molecule has 3 N–H and O–H groups in total. The standard InChI is InChI=1S/C8H11N3O3/c1-5(12)11-7(8(13)14)2-6-3-9-4-10-6/h3-4,7H,2H2,1H3,(H,9,10)(H,11,12)(H,13,14)/i7D. The molecule has 0 aromatic carbocycles. The van der Waals surface area contributed by atoms with Gasteiger partial charge in [-0.15, -0.1) is 0 Å². The summed E-state index contributed by atoms with van der Waals surface area (Å²) in [5, 5.41) is 10.9. The van der Waals surface area contributed by atoms with Crippen molar-refractivity contribution in [3.63, 3.8) is 0 Å². The fourth-order valence-electron chi connectivity index (χ4n) is 0.958. The first-order chi connectivity index (χ1) is 6.94. The van der Waals surface area contributed by atoms with Crippen LogP contribution in [0.2, 0.25) is 0 Å². The van der Waals surface area contributed by atoms with Gasteiger partial charge in [-0.25, -0.2) is 9.78 Å². The molecule has 0 fully saturated rings. The number of rotatable bonds is 4. The minimum Gasteiger partial charge on any atom is -0.480 e. The molecule has 0 aliphatic carbocycles. The number of nitrogens with zero attached hydrogens (tertiary/aromatic N) is 1. The van der Waals surface area contributed by atoms with E-state index in [0.717, 1.165) is 0 Å². The van der Waals surface area contributed by atoms with Crippen molar-refractivity contribution >= 4 is 11.9 Å². The van der Waals surface area contributed by atoms with E-state index in [-0.39, 0.29) is 6.42 Å². The van der Waals surface area contributed by atoms with Crippen LogP contribution in [0.1, 0.15) is 14.0 Å². The second-order valence-corrected chi connectivity index (χ2v) is 2.72. The average molecular weight is 198 g/mol. The van der Waals surface area contributed by atoms with Gasteiger partial charge in [0.25, 0.3) is 0 Å². The first-order valence-corrected chi connectivity index (χ1v) is 3.93. The van der Waals surface area contributed by atoms with Crippen LogP contribution < -0.4 is 5.32 Å². The first-order valence-electron chi connectivity index (χ1n) is 4.43.